The van der Waals surface area contributed by atoms with Gasteiger partial charge in [0.05, 0.1) is 39.3 Å². The zero-order chi connectivity index (χ0) is 19.3. The fourth-order valence-electron chi connectivity index (χ4n) is 4.08. The second kappa shape index (κ2) is 28.4. The highest BCUT2D eigenvalue weighted by atomic mass is 127. The van der Waals surface area contributed by atoms with Crippen LogP contribution in [0.2, 0.25) is 0 Å². The second-order valence-electron chi connectivity index (χ2n) is 8.36. The van der Waals surface area contributed by atoms with Gasteiger partial charge in [0.15, 0.2) is 0 Å². The maximum absolute atomic E-state index is 2.31. The van der Waals surface area contributed by atoms with Gasteiger partial charge in [-0.3, -0.25) is 0 Å². The number of quaternary nitrogens is 2. The van der Waals surface area contributed by atoms with E-state index in [-0.39, 0.29) is 48.0 Å². The van der Waals surface area contributed by atoms with E-state index in [1.165, 1.54) is 129 Å². The van der Waals surface area contributed by atoms with Crippen LogP contribution in [0.15, 0.2) is 0 Å². The summed E-state index contributed by atoms with van der Waals surface area (Å²) in [4.78, 5) is 3.55. The van der Waals surface area contributed by atoms with Crippen LogP contribution >= 0.6 is 0 Å². The maximum Gasteiger partial charge on any atom is 0.0770 e. The second-order valence-corrected chi connectivity index (χ2v) is 8.36. The van der Waals surface area contributed by atoms with Crippen LogP contribution < -0.4 is 57.8 Å². The predicted molar refractivity (Wildman–Crippen MR) is 118 cm³/mol. The van der Waals surface area contributed by atoms with Gasteiger partial charge in [-0.05, 0) is 53.4 Å². The SMILES string of the molecule is CC[NH+](CC)CCCCCCCCCCCCCCCC[NH+](CC)CC.[I-].[I-]. The molecule has 2 nitrogen and oxygen atoms in total. The lowest BCUT2D eigenvalue weighted by Gasteiger charge is -2.14. The van der Waals surface area contributed by atoms with Crippen molar-refractivity contribution < 1.29 is 57.8 Å². The number of nitrogens with one attached hydrogen (secondary N) is 2. The van der Waals surface area contributed by atoms with Gasteiger partial charge in [0.25, 0.3) is 0 Å². The van der Waals surface area contributed by atoms with E-state index in [1.807, 2.05) is 0 Å². The predicted octanol–water partition coefficient (Wildman–Crippen LogP) is -1.69. The van der Waals surface area contributed by atoms with Crippen molar-refractivity contribution in [2.45, 2.75) is 118 Å². The Balaban J connectivity index is -0.00000312. The van der Waals surface area contributed by atoms with Gasteiger partial charge in [0, 0.05) is 0 Å². The molecule has 0 spiro atoms. The molecule has 0 amide bonds. The minimum atomic E-state index is 0. The van der Waals surface area contributed by atoms with Gasteiger partial charge in [-0.15, -0.1) is 0 Å². The molecular formula is C24H54I2N2. The summed E-state index contributed by atoms with van der Waals surface area (Å²) in [5, 5.41) is 0. The fraction of sp³-hybridized carbons (Fsp3) is 1.00. The molecule has 0 rings (SSSR count). The van der Waals surface area contributed by atoms with Gasteiger partial charge in [-0.1, -0.05) is 64.2 Å². The lowest BCUT2D eigenvalue weighted by molar-refractivity contribution is -0.896. The third-order valence-electron chi connectivity index (χ3n) is 6.31. The molecule has 0 fully saturated rings. The van der Waals surface area contributed by atoms with Crippen molar-refractivity contribution in [2.75, 3.05) is 39.3 Å². The van der Waals surface area contributed by atoms with Gasteiger partial charge in [0.2, 0.25) is 0 Å². The summed E-state index contributed by atoms with van der Waals surface area (Å²) >= 11 is 0. The fourth-order valence-corrected chi connectivity index (χ4v) is 4.08. The van der Waals surface area contributed by atoms with Crippen LogP contribution in [0.4, 0.5) is 0 Å². The molecule has 174 valence electrons. The van der Waals surface area contributed by atoms with Crippen molar-refractivity contribution in [3.63, 3.8) is 0 Å². The van der Waals surface area contributed by atoms with Gasteiger partial charge >= 0.3 is 0 Å². The molecule has 0 saturated heterocycles. The zero-order valence-electron chi connectivity index (χ0n) is 19.9. The van der Waals surface area contributed by atoms with Gasteiger partial charge in [0.1, 0.15) is 0 Å². The quantitative estimate of drug-likeness (QED) is 0.112. The molecule has 0 unspecified atom stereocenters. The highest BCUT2D eigenvalue weighted by molar-refractivity contribution is 4.49. The van der Waals surface area contributed by atoms with Crippen LogP contribution in [0.3, 0.4) is 0 Å². The van der Waals surface area contributed by atoms with Crippen molar-refractivity contribution in [1.82, 2.24) is 0 Å². The molecular weight excluding hydrogens is 570 g/mol. The first-order chi connectivity index (χ1) is 12.8. The molecule has 2 N–H and O–H groups in total. The minimum Gasteiger partial charge on any atom is -1.00 e. The third-order valence-corrected chi connectivity index (χ3v) is 6.31. The van der Waals surface area contributed by atoms with Crippen LogP contribution in [0.1, 0.15) is 118 Å². The van der Waals surface area contributed by atoms with E-state index in [0.29, 0.717) is 0 Å². The van der Waals surface area contributed by atoms with Gasteiger partial charge < -0.3 is 57.8 Å². The number of halogens is 2. The highest BCUT2D eigenvalue weighted by Crippen LogP contribution is 2.12. The van der Waals surface area contributed by atoms with Crippen molar-refractivity contribution in [3.05, 3.63) is 0 Å². The smallest absolute Gasteiger partial charge is 0.0770 e. The summed E-state index contributed by atoms with van der Waals surface area (Å²) in [5.41, 5.74) is 0. The molecule has 4 heteroatoms. The number of unbranched alkanes of at least 4 members (excludes halogenated alkanes) is 13. The van der Waals surface area contributed by atoms with Gasteiger partial charge in [-0.2, -0.15) is 0 Å². The van der Waals surface area contributed by atoms with E-state index in [0.717, 1.165) is 0 Å². The summed E-state index contributed by atoms with van der Waals surface area (Å²) < 4.78 is 0. The van der Waals surface area contributed by atoms with Gasteiger partial charge in [-0.25, -0.2) is 0 Å². The maximum atomic E-state index is 2.31. The molecule has 0 heterocycles. The molecule has 0 aromatic carbocycles. The first-order valence-electron chi connectivity index (χ1n) is 12.4. The summed E-state index contributed by atoms with van der Waals surface area (Å²) in [7, 11) is 0. The molecule has 0 aromatic heterocycles. The molecule has 0 aromatic rings. The topological polar surface area (TPSA) is 8.88 Å². The molecule has 0 aliphatic carbocycles. The molecule has 0 saturated carbocycles. The lowest BCUT2D eigenvalue weighted by atomic mass is 10.0. The Morgan fingerprint density at radius 2 is 0.500 bits per heavy atom. The first kappa shape index (κ1) is 34.0. The first-order valence-corrected chi connectivity index (χ1v) is 12.4. The Bertz CT molecular complexity index is 231. The Kier molecular flexibility index (Phi) is 34.5. The Hall–Kier alpha value is 1.38. The van der Waals surface area contributed by atoms with Crippen LogP contribution in [-0.4, -0.2) is 39.3 Å². The number of hydrogen-bond acceptors (Lipinski definition) is 0. The molecule has 0 atom stereocenters. The summed E-state index contributed by atoms with van der Waals surface area (Å²) in [5.74, 6) is 0. The van der Waals surface area contributed by atoms with E-state index < -0.39 is 0 Å². The van der Waals surface area contributed by atoms with E-state index in [1.54, 1.807) is 9.80 Å². The van der Waals surface area contributed by atoms with Crippen molar-refractivity contribution in [3.8, 4) is 0 Å². The van der Waals surface area contributed by atoms with E-state index >= 15 is 0 Å². The van der Waals surface area contributed by atoms with Crippen molar-refractivity contribution in [2.24, 2.45) is 0 Å². The van der Waals surface area contributed by atoms with E-state index in [2.05, 4.69) is 27.7 Å². The van der Waals surface area contributed by atoms with E-state index in [4.69, 9.17) is 0 Å². The summed E-state index contributed by atoms with van der Waals surface area (Å²) in [6, 6.07) is 0. The molecule has 0 aliphatic heterocycles. The molecule has 0 bridgehead atoms. The number of rotatable bonds is 21. The summed E-state index contributed by atoms with van der Waals surface area (Å²) in [6.07, 6.45) is 20.6. The van der Waals surface area contributed by atoms with Crippen LogP contribution in [-0.2, 0) is 0 Å². The van der Waals surface area contributed by atoms with Crippen molar-refractivity contribution >= 4 is 0 Å². The minimum absolute atomic E-state index is 0. The Labute approximate surface area is 213 Å². The largest absolute Gasteiger partial charge is 1.00 e. The average molecular weight is 625 g/mol. The monoisotopic (exact) mass is 624 g/mol. The average Bonchev–Trinajstić information content (AvgIpc) is 2.67. The van der Waals surface area contributed by atoms with Crippen LogP contribution in [0.5, 0.6) is 0 Å². The zero-order valence-corrected chi connectivity index (χ0v) is 24.2. The molecule has 0 aliphatic rings. The Morgan fingerprint density at radius 1 is 0.321 bits per heavy atom. The normalized spacial score (nSPS) is 10.9. The van der Waals surface area contributed by atoms with Crippen LogP contribution in [0.25, 0.3) is 0 Å². The highest BCUT2D eigenvalue weighted by Gasteiger charge is 2.02. The van der Waals surface area contributed by atoms with Crippen molar-refractivity contribution in [1.29, 1.82) is 0 Å². The van der Waals surface area contributed by atoms with E-state index in [9.17, 15) is 0 Å². The standard InChI is InChI=1S/C24H52N2.2HI/c1-5-25(6-2)23-21-19-17-15-13-11-9-10-12-14-16-18-20-22-24-26(7-3)8-4;;/h5-24H2,1-4H3;2*1H. The third kappa shape index (κ3) is 23.7. The Morgan fingerprint density at radius 3 is 0.679 bits per heavy atom. The summed E-state index contributed by atoms with van der Waals surface area (Å²) in [6.45, 7) is 17.2. The molecule has 28 heavy (non-hydrogen) atoms. The lowest BCUT2D eigenvalue weighted by Crippen LogP contribution is -3.11. The molecule has 0 radical (unpaired) electrons. The van der Waals surface area contributed by atoms with Crippen LogP contribution in [0, 0.1) is 0 Å². The number of hydrogen-bond donors (Lipinski definition) is 2.